The molecular weight excluding hydrogens is 340 g/mol. The maximum Gasteiger partial charge on any atom is 0.223 e. The number of nitrogens with zero attached hydrogens (tertiary/aromatic N) is 4. The van der Waals surface area contributed by atoms with Gasteiger partial charge in [0.15, 0.2) is 0 Å². The third kappa shape index (κ3) is 4.34. The van der Waals surface area contributed by atoms with Crippen LogP contribution in [0.5, 0.6) is 5.75 Å². The highest BCUT2D eigenvalue weighted by molar-refractivity contribution is 5.76. The summed E-state index contributed by atoms with van der Waals surface area (Å²) in [7, 11) is 3.50. The monoisotopic (exact) mass is 364 g/mol. The first-order chi connectivity index (χ1) is 13.1. The van der Waals surface area contributed by atoms with Crippen LogP contribution in [0.15, 0.2) is 61.2 Å². The largest absolute Gasteiger partial charge is 0.496 e. The Hall–Kier alpha value is -3.15. The van der Waals surface area contributed by atoms with Crippen molar-refractivity contribution in [2.45, 2.75) is 25.8 Å². The summed E-state index contributed by atoms with van der Waals surface area (Å²) < 4.78 is 7.07. The highest BCUT2D eigenvalue weighted by Crippen LogP contribution is 2.23. The number of methoxy groups -OCH3 is 1. The number of ether oxygens (including phenoxy) is 1. The van der Waals surface area contributed by atoms with E-state index in [-0.39, 0.29) is 11.9 Å². The minimum absolute atomic E-state index is 0.0139. The van der Waals surface area contributed by atoms with Gasteiger partial charge in [-0.05, 0) is 42.7 Å². The second-order valence-corrected chi connectivity index (χ2v) is 6.42. The molecule has 1 heterocycles. The smallest absolute Gasteiger partial charge is 0.223 e. The summed E-state index contributed by atoms with van der Waals surface area (Å²) in [5, 5.41) is 4.12. The normalized spacial score (nSPS) is 11.8. The van der Waals surface area contributed by atoms with Crippen LogP contribution in [0.2, 0.25) is 0 Å². The van der Waals surface area contributed by atoms with Gasteiger partial charge in [0, 0.05) is 13.5 Å². The highest BCUT2D eigenvalue weighted by Gasteiger charge is 2.18. The Bertz CT molecular complexity index is 875. The molecule has 140 valence electrons. The molecule has 1 atom stereocenters. The van der Waals surface area contributed by atoms with Crippen LogP contribution in [-0.4, -0.2) is 39.7 Å². The predicted molar refractivity (Wildman–Crippen MR) is 104 cm³/mol. The summed E-state index contributed by atoms with van der Waals surface area (Å²) in [6, 6.07) is 15.8. The Morgan fingerprint density at radius 2 is 1.93 bits per heavy atom. The molecule has 1 aromatic heterocycles. The van der Waals surface area contributed by atoms with Gasteiger partial charge in [-0.1, -0.05) is 30.3 Å². The lowest BCUT2D eigenvalue weighted by Crippen LogP contribution is -2.29. The third-order valence-electron chi connectivity index (χ3n) is 4.83. The zero-order valence-corrected chi connectivity index (χ0v) is 15.9. The lowest BCUT2D eigenvalue weighted by Gasteiger charge is -2.25. The molecule has 0 unspecified atom stereocenters. The van der Waals surface area contributed by atoms with Crippen molar-refractivity contribution < 1.29 is 9.53 Å². The minimum atomic E-state index is -0.0139. The number of carbonyl (C=O) groups excluding carboxylic acids is 1. The zero-order chi connectivity index (χ0) is 19.2. The SMILES string of the molecule is COc1ccccc1CCC(=O)N(C)[C@@H](C)c1ccc(-n2cncn2)cc1. The van der Waals surface area contributed by atoms with Crippen molar-refractivity contribution >= 4 is 5.91 Å². The molecule has 0 aliphatic heterocycles. The maximum atomic E-state index is 12.6. The van der Waals surface area contributed by atoms with E-state index >= 15 is 0 Å². The van der Waals surface area contributed by atoms with Crippen LogP contribution >= 0.6 is 0 Å². The fourth-order valence-electron chi connectivity index (χ4n) is 3.01. The number of amides is 1. The standard InChI is InChI=1S/C21H24N4O2/c1-16(17-8-11-19(12-9-17)25-15-22-14-23-25)24(2)21(26)13-10-18-6-4-5-7-20(18)27-3/h4-9,11-12,14-16H,10,13H2,1-3H3/t16-/m0/s1. The van der Waals surface area contributed by atoms with Crippen LogP contribution in [0.1, 0.15) is 30.5 Å². The molecule has 27 heavy (non-hydrogen) atoms. The summed E-state index contributed by atoms with van der Waals surface area (Å²) >= 11 is 0. The van der Waals surface area contributed by atoms with E-state index in [0.717, 1.165) is 22.6 Å². The van der Waals surface area contributed by atoms with Crippen molar-refractivity contribution in [3.8, 4) is 11.4 Å². The van der Waals surface area contributed by atoms with Crippen molar-refractivity contribution in [1.82, 2.24) is 19.7 Å². The summed E-state index contributed by atoms with van der Waals surface area (Å²) in [6.07, 6.45) is 4.26. The first-order valence-electron chi connectivity index (χ1n) is 8.92. The van der Waals surface area contributed by atoms with Crippen molar-refractivity contribution in [3.05, 3.63) is 72.3 Å². The second kappa shape index (κ2) is 8.49. The Kier molecular flexibility index (Phi) is 5.86. The van der Waals surface area contributed by atoms with E-state index in [0.29, 0.717) is 12.8 Å². The van der Waals surface area contributed by atoms with Gasteiger partial charge in [-0.25, -0.2) is 9.67 Å². The molecule has 1 amide bonds. The van der Waals surface area contributed by atoms with E-state index in [4.69, 9.17) is 4.74 Å². The van der Waals surface area contributed by atoms with E-state index in [2.05, 4.69) is 10.1 Å². The van der Waals surface area contributed by atoms with Crippen LogP contribution < -0.4 is 4.74 Å². The Morgan fingerprint density at radius 3 is 2.59 bits per heavy atom. The Balaban J connectivity index is 1.62. The Labute approximate surface area is 159 Å². The van der Waals surface area contributed by atoms with Gasteiger partial charge in [0.05, 0.1) is 18.8 Å². The van der Waals surface area contributed by atoms with Gasteiger partial charge < -0.3 is 9.64 Å². The molecule has 0 fully saturated rings. The molecule has 3 aromatic rings. The van der Waals surface area contributed by atoms with Crippen LogP contribution in [0.3, 0.4) is 0 Å². The fourth-order valence-corrected chi connectivity index (χ4v) is 3.01. The molecule has 0 saturated carbocycles. The average molecular weight is 364 g/mol. The summed E-state index contributed by atoms with van der Waals surface area (Å²) in [6.45, 7) is 2.03. The topological polar surface area (TPSA) is 60.2 Å². The van der Waals surface area contributed by atoms with Crippen LogP contribution in [0, 0.1) is 0 Å². The van der Waals surface area contributed by atoms with Gasteiger partial charge in [-0.2, -0.15) is 5.10 Å². The van der Waals surface area contributed by atoms with Gasteiger partial charge >= 0.3 is 0 Å². The van der Waals surface area contributed by atoms with Crippen molar-refractivity contribution in [3.63, 3.8) is 0 Å². The van der Waals surface area contributed by atoms with Gasteiger partial charge in [0.2, 0.25) is 5.91 Å². The number of hydrogen-bond acceptors (Lipinski definition) is 4. The second-order valence-electron chi connectivity index (χ2n) is 6.42. The van der Waals surface area contributed by atoms with E-state index < -0.39 is 0 Å². The number of hydrogen-bond donors (Lipinski definition) is 0. The molecule has 0 aliphatic rings. The van der Waals surface area contributed by atoms with E-state index in [1.807, 2.05) is 62.5 Å². The summed E-state index contributed by atoms with van der Waals surface area (Å²) in [4.78, 5) is 18.4. The molecule has 3 rings (SSSR count). The molecule has 0 aliphatic carbocycles. The molecular formula is C21H24N4O2. The van der Waals surface area contributed by atoms with Gasteiger partial charge in [0.25, 0.3) is 0 Å². The van der Waals surface area contributed by atoms with Crippen LogP contribution in [0.4, 0.5) is 0 Å². The molecule has 0 saturated heterocycles. The summed E-state index contributed by atoms with van der Waals surface area (Å²) in [5.74, 6) is 0.929. The first-order valence-corrected chi connectivity index (χ1v) is 8.92. The van der Waals surface area contributed by atoms with E-state index in [1.165, 1.54) is 6.33 Å². The molecule has 6 nitrogen and oxygen atoms in total. The van der Waals surface area contributed by atoms with E-state index in [9.17, 15) is 4.79 Å². The number of carbonyl (C=O) groups is 1. The molecule has 0 bridgehead atoms. The average Bonchev–Trinajstić information content (AvgIpc) is 3.26. The molecule has 0 radical (unpaired) electrons. The fraction of sp³-hybridized carbons (Fsp3) is 0.286. The predicted octanol–water partition coefficient (Wildman–Crippen LogP) is 3.43. The maximum absolute atomic E-state index is 12.6. The summed E-state index contributed by atoms with van der Waals surface area (Å²) in [5.41, 5.74) is 3.06. The van der Waals surface area contributed by atoms with Crippen molar-refractivity contribution in [1.29, 1.82) is 0 Å². The van der Waals surface area contributed by atoms with Crippen LogP contribution in [0.25, 0.3) is 5.69 Å². The van der Waals surface area contributed by atoms with E-state index in [1.54, 1.807) is 23.0 Å². The van der Waals surface area contributed by atoms with Gasteiger partial charge in [-0.15, -0.1) is 0 Å². The minimum Gasteiger partial charge on any atom is -0.496 e. The lowest BCUT2D eigenvalue weighted by atomic mass is 10.0. The highest BCUT2D eigenvalue weighted by atomic mass is 16.5. The quantitative estimate of drug-likeness (QED) is 0.644. The van der Waals surface area contributed by atoms with Crippen LogP contribution in [-0.2, 0) is 11.2 Å². The zero-order valence-electron chi connectivity index (χ0n) is 15.9. The Morgan fingerprint density at radius 1 is 1.19 bits per heavy atom. The lowest BCUT2D eigenvalue weighted by molar-refractivity contribution is -0.131. The van der Waals surface area contributed by atoms with Crippen molar-refractivity contribution in [2.24, 2.45) is 0 Å². The first kappa shape index (κ1) is 18.6. The van der Waals surface area contributed by atoms with Crippen molar-refractivity contribution in [2.75, 3.05) is 14.2 Å². The van der Waals surface area contributed by atoms with Gasteiger partial charge in [-0.3, -0.25) is 4.79 Å². The number of rotatable bonds is 7. The number of para-hydroxylation sites is 1. The number of aryl methyl sites for hydroxylation is 1. The molecule has 2 aromatic carbocycles. The molecule has 0 N–H and O–H groups in total. The molecule has 0 spiro atoms. The number of benzene rings is 2. The number of aromatic nitrogens is 3. The van der Waals surface area contributed by atoms with Gasteiger partial charge in [0.1, 0.15) is 18.4 Å². The third-order valence-corrected chi connectivity index (χ3v) is 4.83. The molecule has 6 heteroatoms.